The van der Waals surface area contributed by atoms with Crippen LogP contribution in [-0.2, 0) is 9.53 Å². The lowest BCUT2D eigenvalue weighted by Gasteiger charge is -2.08. The molecule has 24 heavy (non-hydrogen) atoms. The first-order chi connectivity index (χ1) is 11.5. The van der Waals surface area contributed by atoms with E-state index >= 15 is 0 Å². The summed E-state index contributed by atoms with van der Waals surface area (Å²) in [6, 6.07) is 9.41. The van der Waals surface area contributed by atoms with E-state index in [1.807, 2.05) is 0 Å². The summed E-state index contributed by atoms with van der Waals surface area (Å²) in [5.41, 5.74) is 0.477. The molecule has 2 amide bonds. The minimum Gasteiger partial charge on any atom is -0.506 e. The number of hydrogen-bond donors (Lipinski definition) is 3. The van der Waals surface area contributed by atoms with Crippen molar-refractivity contribution in [2.75, 3.05) is 17.7 Å². The molecule has 0 fully saturated rings. The van der Waals surface area contributed by atoms with Gasteiger partial charge in [-0.05, 0) is 24.3 Å². The molecule has 0 atom stereocenters. The Bertz CT molecular complexity index is 791. The van der Waals surface area contributed by atoms with Crippen molar-refractivity contribution in [2.45, 2.75) is 6.92 Å². The number of phenolic OH excluding ortho intramolecular Hbond substituents is 1. The van der Waals surface area contributed by atoms with Crippen molar-refractivity contribution in [1.29, 1.82) is 0 Å². The minimum absolute atomic E-state index is 0.0356. The number of pyridine rings is 1. The normalized spacial score (nSPS) is 10.4. The topological polar surface area (TPSA) is 125 Å². The molecule has 1 aromatic heterocycles. The second kappa shape index (κ2) is 7.68. The number of aromatic hydroxyl groups is 1. The molecule has 0 aliphatic rings. The first kappa shape index (κ1) is 16.9. The molecule has 0 aliphatic carbocycles. The van der Waals surface area contributed by atoms with Crippen LogP contribution in [0.2, 0.25) is 0 Å². The van der Waals surface area contributed by atoms with Crippen LogP contribution in [-0.4, -0.2) is 29.2 Å². The van der Waals surface area contributed by atoms with Gasteiger partial charge in [0.2, 0.25) is 5.91 Å². The molecule has 0 saturated heterocycles. The highest BCUT2D eigenvalue weighted by Crippen LogP contribution is 2.30. The predicted molar refractivity (Wildman–Crippen MR) is 86.9 cm³/mol. The van der Waals surface area contributed by atoms with Crippen LogP contribution in [0, 0.1) is 0 Å². The maximum absolute atomic E-state index is 11.4. The van der Waals surface area contributed by atoms with Gasteiger partial charge in [0.1, 0.15) is 22.9 Å². The largest absolute Gasteiger partial charge is 0.506 e. The van der Waals surface area contributed by atoms with Crippen LogP contribution in [0.3, 0.4) is 0 Å². The average Bonchev–Trinajstić information content (AvgIpc) is 2.55. The van der Waals surface area contributed by atoms with Gasteiger partial charge in [0.05, 0.1) is 7.11 Å². The Morgan fingerprint density at radius 3 is 2.46 bits per heavy atom. The zero-order valence-corrected chi connectivity index (χ0v) is 13.0. The van der Waals surface area contributed by atoms with Crippen LogP contribution >= 0.6 is 0 Å². The monoisotopic (exact) mass is 329 g/mol. The van der Waals surface area contributed by atoms with Gasteiger partial charge in [0.25, 0.3) is 0 Å². The van der Waals surface area contributed by atoms with Crippen LogP contribution in [0.5, 0.6) is 5.75 Å². The number of phenols is 1. The number of methoxy groups -OCH3 is 1. The average molecular weight is 329 g/mol. The fraction of sp³-hybridized carbons (Fsp3) is 0.133. The summed E-state index contributed by atoms with van der Waals surface area (Å²) in [6.45, 7) is 1.33. The summed E-state index contributed by atoms with van der Waals surface area (Å²) in [6.07, 6.45) is -0.749. The second-order valence-electron chi connectivity index (χ2n) is 4.55. The quantitative estimate of drug-likeness (QED) is 0.742. The summed E-state index contributed by atoms with van der Waals surface area (Å²) < 4.78 is 4.52. The smallest absolute Gasteiger partial charge is 0.412 e. The Hall–Kier alpha value is -3.49. The number of carbonyl (C=O) groups is 2. The van der Waals surface area contributed by atoms with Crippen molar-refractivity contribution in [1.82, 2.24) is 4.98 Å². The SMILES string of the molecule is COC(=O)Nc1nc(NC(C)=O)ccc1/N=N/c1ccccc1O. The van der Waals surface area contributed by atoms with Crippen molar-refractivity contribution in [2.24, 2.45) is 10.2 Å². The molecule has 1 heterocycles. The van der Waals surface area contributed by atoms with Crippen molar-refractivity contribution in [3.8, 4) is 5.75 Å². The van der Waals surface area contributed by atoms with E-state index in [2.05, 4.69) is 30.6 Å². The minimum atomic E-state index is -0.749. The highest BCUT2D eigenvalue weighted by atomic mass is 16.5. The summed E-state index contributed by atoms with van der Waals surface area (Å²) in [5.74, 6) is -0.0654. The number of aromatic nitrogens is 1. The molecule has 0 aliphatic heterocycles. The van der Waals surface area contributed by atoms with Gasteiger partial charge in [-0.15, -0.1) is 10.2 Å². The molecule has 9 heteroatoms. The number of amides is 2. The molecule has 0 saturated carbocycles. The highest BCUT2D eigenvalue weighted by molar-refractivity contribution is 5.90. The van der Waals surface area contributed by atoms with E-state index in [0.29, 0.717) is 0 Å². The molecule has 0 unspecified atom stereocenters. The van der Waals surface area contributed by atoms with E-state index in [-0.39, 0.29) is 34.7 Å². The van der Waals surface area contributed by atoms with E-state index in [9.17, 15) is 14.7 Å². The number of anilines is 2. The van der Waals surface area contributed by atoms with Gasteiger partial charge in [-0.2, -0.15) is 0 Å². The number of ether oxygens (including phenoxy) is 1. The second-order valence-corrected chi connectivity index (χ2v) is 4.55. The van der Waals surface area contributed by atoms with Gasteiger partial charge in [0, 0.05) is 6.92 Å². The van der Waals surface area contributed by atoms with E-state index in [1.54, 1.807) is 18.2 Å². The van der Waals surface area contributed by atoms with Gasteiger partial charge >= 0.3 is 6.09 Å². The Morgan fingerprint density at radius 2 is 1.79 bits per heavy atom. The molecule has 3 N–H and O–H groups in total. The highest BCUT2D eigenvalue weighted by Gasteiger charge is 2.11. The number of hydrogen-bond acceptors (Lipinski definition) is 7. The van der Waals surface area contributed by atoms with Crippen molar-refractivity contribution >= 4 is 35.0 Å². The van der Waals surface area contributed by atoms with E-state index in [4.69, 9.17) is 0 Å². The van der Waals surface area contributed by atoms with Crippen LogP contribution in [0.25, 0.3) is 0 Å². The van der Waals surface area contributed by atoms with Crippen LogP contribution in [0.4, 0.5) is 27.8 Å². The van der Waals surface area contributed by atoms with Crippen molar-refractivity contribution < 1.29 is 19.4 Å². The fourth-order valence-corrected chi connectivity index (χ4v) is 1.68. The molecule has 2 rings (SSSR count). The first-order valence-electron chi connectivity index (χ1n) is 6.83. The molecule has 9 nitrogen and oxygen atoms in total. The maximum Gasteiger partial charge on any atom is 0.412 e. The third kappa shape index (κ3) is 4.50. The number of carbonyl (C=O) groups excluding carboxylic acids is 2. The van der Waals surface area contributed by atoms with Crippen molar-refractivity contribution in [3.63, 3.8) is 0 Å². The zero-order chi connectivity index (χ0) is 17.5. The molecule has 0 bridgehead atoms. The van der Waals surface area contributed by atoms with Gasteiger partial charge in [-0.3, -0.25) is 10.1 Å². The third-order valence-electron chi connectivity index (χ3n) is 2.73. The molecule has 2 aromatic rings. The maximum atomic E-state index is 11.4. The van der Waals surface area contributed by atoms with Crippen molar-refractivity contribution in [3.05, 3.63) is 36.4 Å². The number of nitrogens with one attached hydrogen (secondary N) is 2. The Kier molecular flexibility index (Phi) is 5.40. The Morgan fingerprint density at radius 1 is 1.08 bits per heavy atom. The van der Waals surface area contributed by atoms with Gasteiger partial charge in [-0.25, -0.2) is 9.78 Å². The fourth-order valence-electron chi connectivity index (χ4n) is 1.68. The van der Waals surface area contributed by atoms with Crippen LogP contribution in [0.1, 0.15) is 6.92 Å². The third-order valence-corrected chi connectivity index (χ3v) is 2.73. The molecule has 1 aromatic carbocycles. The Balaban J connectivity index is 2.35. The zero-order valence-electron chi connectivity index (χ0n) is 13.0. The lowest BCUT2D eigenvalue weighted by atomic mass is 10.3. The number of nitrogens with zero attached hydrogens (tertiary/aromatic N) is 3. The molecule has 0 radical (unpaired) electrons. The number of azo groups is 1. The van der Waals surface area contributed by atoms with Gasteiger partial charge in [-0.1, -0.05) is 12.1 Å². The summed E-state index contributed by atoms with van der Waals surface area (Å²) >= 11 is 0. The summed E-state index contributed by atoms with van der Waals surface area (Å²) in [7, 11) is 1.20. The first-order valence-corrected chi connectivity index (χ1v) is 6.83. The van der Waals surface area contributed by atoms with E-state index in [1.165, 1.54) is 32.2 Å². The van der Waals surface area contributed by atoms with Crippen LogP contribution < -0.4 is 10.6 Å². The standard InChI is InChI=1S/C15H15N5O4/c1-9(21)16-13-8-7-11(14(17-13)18-15(23)24-2)20-19-10-5-3-4-6-12(10)22/h3-8,22H,1-2H3,(H2,16,17,18,21,23)/b20-19+. The van der Waals surface area contributed by atoms with E-state index in [0.717, 1.165) is 0 Å². The van der Waals surface area contributed by atoms with Crippen LogP contribution in [0.15, 0.2) is 46.6 Å². The summed E-state index contributed by atoms with van der Waals surface area (Å²) in [5, 5.41) is 22.4. The van der Waals surface area contributed by atoms with Gasteiger partial charge in [0.15, 0.2) is 5.82 Å². The lowest BCUT2D eigenvalue weighted by Crippen LogP contribution is -2.14. The van der Waals surface area contributed by atoms with E-state index < -0.39 is 6.09 Å². The number of para-hydroxylation sites is 1. The number of benzene rings is 1. The lowest BCUT2D eigenvalue weighted by molar-refractivity contribution is -0.114. The number of rotatable bonds is 4. The summed E-state index contributed by atoms with van der Waals surface area (Å²) in [4.78, 5) is 26.6. The Labute approximate surface area is 137 Å². The molecule has 124 valence electrons. The predicted octanol–water partition coefficient (Wildman–Crippen LogP) is 3.34. The molecular weight excluding hydrogens is 314 g/mol. The molecular formula is C15H15N5O4. The molecule has 0 spiro atoms. The van der Waals surface area contributed by atoms with Gasteiger partial charge < -0.3 is 15.2 Å².